The average molecular weight is 316 g/mol. The lowest BCUT2D eigenvalue weighted by Gasteiger charge is -2.22. The lowest BCUT2D eigenvalue weighted by molar-refractivity contribution is 0.164. The molecule has 0 bridgehead atoms. The van der Waals surface area contributed by atoms with Crippen molar-refractivity contribution in [3.63, 3.8) is 0 Å². The Hall–Kier alpha value is -0.990. The Labute approximate surface area is 126 Å². The van der Waals surface area contributed by atoms with E-state index in [0.29, 0.717) is 39.3 Å². The highest BCUT2D eigenvalue weighted by Gasteiger charge is 2.23. The third-order valence-electron chi connectivity index (χ3n) is 3.07. The molecule has 0 spiro atoms. The maximum atomic E-state index is 12.7. The van der Waals surface area contributed by atoms with Crippen LogP contribution in [-0.2, 0) is 26.0 Å². The Bertz CT molecular complexity index is 519. The molecule has 0 atom stereocenters. The lowest BCUT2D eigenvalue weighted by atomic mass is 10.2. The smallest absolute Gasteiger partial charge is 0.243 e. The van der Waals surface area contributed by atoms with Crippen molar-refractivity contribution in [3.8, 4) is 0 Å². The van der Waals surface area contributed by atoms with Gasteiger partial charge in [-0.15, -0.1) is 0 Å². The van der Waals surface area contributed by atoms with Crippen LogP contribution in [0.1, 0.15) is 12.0 Å². The molecule has 0 aliphatic carbocycles. The van der Waals surface area contributed by atoms with E-state index in [1.807, 2.05) is 6.07 Å². The second-order valence-corrected chi connectivity index (χ2v) is 6.53. The standard InChI is InChI=1S/C14H24N2O4S/c1-19-9-4-7-16(8-10-20-2)21(17,18)14-6-3-5-13(11-14)12-15/h3,5-6,11H,4,7-10,12,15H2,1-2H3. The van der Waals surface area contributed by atoms with Gasteiger partial charge in [-0.3, -0.25) is 0 Å². The molecule has 120 valence electrons. The van der Waals surface area contributed by atoms with E-state index in [-0.39, 0.29) is 4.90 Å². The van der Waals surface area contributed by atoms with Gasteiger partial charge in [-0.05, 0) is 24.1 Å². The Morgan fingerprint density at radius 3 is 2.48 bits per heavy atom. The number of nitrogens with zero attached hydrogens (tertiary/aromatic N) is 1. The van der Waals surface area contributed by atoms with Crippen molar-refractivity contribution in [1.82, 2.24) is 4.31 Å². The largest absolute Gasteiger partial charge is 0.385 e. The van der Waals surface area contributed by atoms with Gasteiger partial charge in [0.15, 0.2) is 0 Å². The average Bonchev–Trinajstić information content (AvgIpc) is 2.50. The highest BCUT2D eigenvalue weighted by atomic mass is 32.2. The molecule has 0 aromatic heterocycles. The number of methoxy groups -OCH3 is 2. The zero-order valence-electron chi connectivity index (χ0n) is 12.6. The molecule has 0 fully saturated rings. The molecule has 2 N–H and O–H groups in total. The van der Waals surface area contributed by atoms with E-state index in [9.17, 15) is 8.42 Å². The summed E-state index contributed by atoms with van der Waals surface area (Å²) in [6, 6.07) is 6.72. The molecule has 7 heteroatoms. The summed E-state index contributed by atoms with van der Waals surface area (Å²) in [6.45, 7) is 1.89. The molecule has 1 aromatic rings. The van der Waals surface area contributed by atoms with Crippen molar-refractivity contribution in [3.05, 3.63) is 29.8 Å². The number of benzene rings is 1. The number of hydrogen-bond acceptors (Lipinski definition) is 5. The van der Waals surface area contributed by atoms with Crippen LogP contribution in [0.2, 0.25) is 0 Å². The van der Waals surface area contributed by atoms with Crippen molar-refractivity contribution in [2.45, 2.75) is 17.9 Å². The Balaban J connectivity index is 2.95. The summed E-state index contributed by atoms with van der Waals surface area (Å²) in [4.78, 5) is 0.263. The summed E-state index contributed by atoms with van der Waals surface area (Å²) in [7, 11) is -0.398. The predicted molar refractivity (Wildman–Crippen MR) is 81.5 cm³/mol. The third-order valence-corrected chi connectivity index (χ3v) is 4.97. The number of rotatable bonds is 10. The zero-order valence-corrected chi connectivity index (χ0v) is 13.4. The molecule has 1 rings (SSSR count). The molecule has 1 aromatic carbocycles. The number of sulfonamides is 1. The first-order valence-electron chi connectivity index (χ1n) is 6.83. The fourth-order valence-electron chi connectivity index (χ4n) is 1.91. The van der Waals surface area contributed by atoms with Gasteiger partial charge in [-0.1, -0.05) is 12.1 Å². The molecule has 0 radical (unpaired) electrons. The van der Waals surface area contributed by atoms with Crippen molar-refractivity contribution >= 4 is 10.0 Å². The van der Waals surface area contributed by atoms with Crippen LogP contribution in [0.5, 0.6) is 0 Å². The minimum absolute atomic E-state index is 0.263. The second kappa shape index (κ2) is 9.11. The van der Waals surface area contributed by atoms with E-state index in [4.69, 9.17) is 15.2 Å². The Kier molecular flexibility index (Phi) is 7.84. The Morgan fingerprint density at radius 2 is 1.86 bits per heavy atom. The SMILES string of the molecule is COCCCN(CCOC)S(=O)(=O)c1cccc(CN)c1. The van der Waals surface area contributed by atoms with E-state index in [1.54, 1.807) is 32.4 Å². The van der Waals surface area contributed by atoms with E-state index in [0.717, 1.165) is 5.56 Å². The third kappa shape index (κ3) is 5.37. The van der Waals surface area contributed by atoms with Gasteiger partial charge < -0.3 is 15.2 Å². The molecule has 0 heterocycles. The predicted octanol–water partition coefficient (Wildman–Crippen LogP) is 0.819. The van der Waals surface area contributed by atoms with Crippen LogP contribution in [-0.4, -0.2) is 53.2 Å². The van der Waals surface area contributed by atoms with Crippen molar-refractivity contribution in [2.75, 3.05) is 40.5 Å². The molecular weight excluding hydrogens is 292 g/mol. The fourth-order valence-corrected chi connectivity index (χ4v) is 3.45. The van der Waals surface area contributed by atoms with E-state index in [1.165, 1.54) is 4.31 Å². The summed E-state index contributed by atoms with van der Waals surface area (Å²) in [5.41, 5.74) is 6.36. The van der Waals surface area contributed by atoms with Gasteiger partial charge in [0.1, 0.15) is 0 Å². The molecule has 0 saturated carbocycles. The highest BCUT2D eigenvalue weighted by molar-refractivity contribution is 7.89. The van der Waals surface area contributed by atoms with Gasteiger partial charge in [0.25, 0.3) is 0 Å². The molecule has 6 nitrogen and oxygen atoms in total. The fraction of sp³-hybridized carbons (Fsp3) is 0.571. The summed E-state index contributed by atoms with van der Waals surface area (Å²) in [5, 5.41) is 0. The van der Waals surface area contributed by atoms with Crippen LogP contribution in [0, 0.1) is 0 Å². The lowest BCUT2D eigenvalue weighted by Crippen LogP contribution is -2.35. The van der Waals surface area contributed by atoms with Crippen LogP contribution < -0.4 is 5.73 Å². The van der Waals surface area contributed by atoms with Gasteiger partial charge in [0.05, 0.1) is 11.5 Å². The monoisotopic (exact) mass is 316 g/mol. The topological polar surface area (TPSA) is 81.9 Å². The maximum Gasteiger partial charge on any atom is 0.243 e. The first-order chi connectivity index (χ1) is 10.1. The summed E-state index contributed by atoms with van der Waals surface area (Å²) in [5.74, 6) is 0. The molecule has 0 aliphatic heterocycles. The van der Waals surface area contributed by atoms with Gasteiger partial charge in [0.2, 0.25) is 10.0 Å². The second-order valence-electron chi connectivity index (χ2n) is 4.59. The normalized spacial score (nSPS) is 12.0. The van der Waals surface area contributed by atoms with Crippen LogP contribution in [0.25, 0.3) is 0 Å². The zero-order chi connectivity index (χ0) is 15.7. The van der Waals surface area contributed by atoms with Crippen LogP contribution >= 0.6 is 0 Å². The number of ether oxygens (including phenoxy) is 2. The minimum atomic E-state index is -3.54. The van der Waals surface area contributed by atoms with Gasteiger partial charge in [-0.2, -0.15) is 4.31 Å². The molecule has 0 aliphatic rings. The van der Waals surface area contributed by atoms with Crippen molar-refractivity contribution in [2.24, 2.45) is 5.73 Å². The minimum Gasteiger partial charge on any atom is -0.385 e. The molecule has 0 amide bonds. The van der Waals surface area contributed by atoms with Crippen molar-refractivity contribution < 1.29 is 17.9 Å². The van der Waals surface area contributed by atoms with E-state index < -0.39 is 10.0 Å². The van der Waals surface area contributed by atoms with Crippen LogP contribution in [0.3, 0.4) is 0 Å². The first-order valence-corrected chi connectivity index (χ1v) is 8.27. The number of hydrogen-bond donors (Lipinski definition) is 1. The first kappa shape index (κ1) is 18.1. The number of nitrogens with two attached hydrogens (primary N) is 1. The van der Waals surface area contributed by atoms with Crippen LogP contribution in [0.4, 0.5) is 0 Å². The quantitative estimate of drug-likeness (QED) is 0.646. The van der Waals surface area contributed by atoms with E-state index >= 15 is 0 Å². The summed E-state index contributed by atoms with van der Waals surface area (Å²) < 4.78 is 36.8. The Morgan fingerprint density at radius 1 is 1.14 bits per heavy atom. The maximum absolute atomic E-state index is 12.7. The summed E-state index contributed by atoms with van der Waals surface area (Å²) in [6.07, 6.45) is 0.635. The van der Waals surface area contributed by atoms with Crippen LogP contribution in [0.15, 0.2) is 29.2 Å². The van der Waals surface area contributed by atoms with Gasteiger partial charge in [0, 0.05) is 40.5 Å². The van der Waals surface area contributed by atoms with Gasteiger partial charge in [-0.25, -0.2) is 8.42 Å². The molecular formula is C14H24N2O4S. The van der Waals surface area contributed by atoms with Gasteiger partial charge >= 0.3 is 0 Å². The molecule has 0 saturated heterocycles. The molecule has 21 heavy (non-hydrogen) atoms. The summed E-state index contributed by atoms with van der Waals surface area (Å²) >= 11 is 0. The van der Waals surface area contributed by atoms with Crippen molar-refractivity contribution in [1.29, 1.82) is 0 Å². The van der Waals surface area contributed by atoms with E-state index in [2.05, 4.69) is 0 Å². The highest BCUT2D eigenvalue weighted by Crippen LogP contribution is 2.17. The molecule has 0 unspecified atom stereocenters.